The number of pyridine rings is 1. The molecule has 5 rings (SSSR count). The van der Waals surface area contributed by atoms with Gasteiger partial charge in [-0.3, -0.25) is 19.4 Å². The Morgan fingerprint density at radius 1 is 1.04 bits per heavy atom. The Bertz CT molecular complexity index is 1880. The van der Waals surface area contributed by atoms with E-state index in [1.807, 2.05) is 45.0 Å². The molecule has 282 valence electrons. The molecule has 0 bridgehead atoms. The van der Waals surface area contributed by atoms with Gasteiger partial charge in [-0.15, -0.1) is 6.58 Å². The van der Waals surface area contributed by atoms with Crippen LogP contribution in [0.5, 0.6) is 5.75 Å². The Balaban J connectivity index is 1.37. The third-order valence-corrected chi connectivity index (χ3v) is 9.48. The number of carbonyl (C=O) groups is 5. The molecule has 5 atom stereocenters. The number of alkyl carbamates (subject to hydrolysis) is 1. The first-order chi connectivity index (χ1) is 24.9. The molecule has 1 saturated carbocycles. The molecule has 2 aliphatic rings. The normalized spacial score (nSPS) is 21.6. The molecule has 1 aromatic heterocycles. The van der Waals surface area contributed by atoms with Crippen LogP contribution in [0.1, 0.15) is 70.3 Å². The van der Waals surface area contributed by atoms with Gasteiger partial charge in [0.05, 0.1) is 17.6 Å². The van der Waals surface area contributed by atoms with Crippen molar-refractivity contribution in [1.29, 1.82) is 0 Å². The lowest BCUT2D eigenvalue weighted by Crippen LogP contribution is -2.60. The number of amides is 4. The molecule has 4 N–H and O–H groups in total. The second-order valence-electron chi connectivity index (χ2n) is 15.8. The number of hydrogen-bond acceptors (Lipinski definition) is 8. The first kappa shape index (κ1) is 38.8. The van der Waals surface area contributed by atoms with Crippen molar-refractivity contribution in [1.82, 2.24) is 25.8 Å². The zero-order chi connectivity index (χ0) is 38.7. The molecule has 53 heavy (non-hydrogen) atoms. The van der Waals surface area contributed by atoms with Crippen LogP contribution in [0.4, 0.5) is 4.79 Å². The number of aromatic carboxylic acids is 1. The van der Waals surface area contributed by atoms with Gasteiger partial charge >= 0.3 is 12.1 Å². The summed E-state index contributed by atoms with van der Waals surface area (Å²) in [6, 6.07) is 13.5. The zero-order valence-corrected chi connectivity index (χ0v) is 31.1. The summed E-state index contributed by atoms with van der Waals surface area (Å²) in [6.07, 6.45) is 2.80. The first-order valence-electron chi connectivity index (χ1n) is 17.8. The maximum atomic E-state index is 14.5. The highest BCUT2D eigenvalue weighted by atomic mass is 16.6. The molecule has 1 unspecified atom stereocenters. The van der Waals surface area contributed by atoms with Crippen LogP contribution in [0.25, 0.3) is 10.9 Å². The van der Waals surface area contributed by atoms with Gasteiger partial charge in [-0.2, -0.15) is 0 Å². The molecule has 3 aromatic rings. The lowest BCUT2D eigenvalue weighted by atomic mass is 9.85. The number of aromatic nitrogens is 1. The molecule has 13 nitrogen and oxygen atoms in total. The van der Waals surface area contributed by atoms with Gasteiger partial charge in [-0.05, 0) is 74.9 Å². The van der Waals surface area contributed by atoms with Crippen LogP contribution < -0.4 is 20.7 Å². The van der Waals surface area contributed by atoms with Crippen LogP contribution >= 0.6 is 0 Å². The molecular weight excluding hydrogens is 678 g/mol. The average molecular weight is 728 g/mol. The van der Waals surface area contributed by atoms with Gasteiger partial charge in [-0.25, -0.2) is 9.59 Å². The van der Waals surface area contributed by atoms with Crippen LogP contribution in [-0.4, -0.2) is 87.2 Å². The van der Waals surface area contributed by atoms with Crippen LogP contribution in [0.15, 0.2) is 73.4 Å². The first-order valence-corrected chi connectivity index (χ1v) is 17.8. The highest BCUT2D eigenvalue weighted by Crippen LogP contribution is 2.45. The Labute approximate surface area is 309 Å². The average Bonchev–Trinajstić information content (AvgIpc) is 3.64. The summed E-state index contributed by atoms with van der Waals surface area (Å²) in [5.41, 5.74) is -1.10. The Morgan fingerprint density at radius 2 is 1.74 bits per heavy atom. The number of rotatable bonds is 12. The van der Waals surface area contributed by atoms with E-state index >= 15 is 0 Å². The molecule has 2 heterocycles. The third kappa shape index (κ3) is 9.13. The number of hydrogen-bond donors (Lipinski definition) is 4. The zero-order valence-electron chi connectivity index (χ0n) is 31.1. The predicted molar refractivity (Wildman–Crippen MR) is 198 cm³/mol. The highest BCUT2D eigenvalue weighted by Gasteiger charge is 2.60. The summed E-state index contributed by atoms with van der Waals surface area (Å²) in [5.74, 6) is -2.21. The van der Waals surface area contributed by atoms with Crippen LogP contribution in [-0.2, 0) is 25.5 Å². The fourth-order valence-corrected chi connectivity index (χ4v) is 6.60. The van der Waals surface area contributed by atoms with Crippen molar-refractivity contribution in [2.24, 2.45) is 11.3 Å². The SMILES string of the molecule is C=C[C@H]1C[C@@]1(NC(=O)C1C[C@@H](Oc2ccnc3ccccc23)CN1C(=O)[C@@H](NC(=O)OC(C)(C)C)C(C)(C)C)C(=O)NCCc1ccc(C(=O)O)cc1. The maximum Gasteiger partial charge on any atom is 0.408 e. The summed E-state index contributed by atoms with van der Waals surface area (Å²) in [6.45, 7) is 14.8. The van der Waals surface area contributed by atoms with E-state index in [0.717, 1.165) is 16.5 Å². The van der Waals surface area contributed by atoms with Crippen molar-refractivity contribution in [2.75, 3.05) is 13.1 Å². The molecular formula is C40H49N5O8. The van der Waals surface area contributed by atoms with E-state index in [2.05, 4.69) is 27.5 Å². The van der Waals surface area contributed by atoms with Crippen LogP contribution in [0, 0.1) is 11.3 Å². The summed E-state index contributed by atoms with van der Waals surface area (Å²) < 4.78 is 11.9. The fourth-order valence-electron chi connectivity index (χ4n) is 6.60. The van der Waals surface area contributed by atoms with Gasteiger partial charge < -0.3 is 35.4 Å². The molecule has 0 radical (unpaired) electrons. The predicted octanol–water partition coefficient (Wildman–Crippen LogP) is 4.64. The second kappa shape index (κ2) is 15.3. The third-order valence-electron chi connectivity index (χ3n) is 9.48. The van der Waals surface area contributed by atoms with Crippen molar-refractivity contribution in [3.05, 3.63) is 84.6 Å². The number of ether oxygens (including phenoxy) is 2. The van der Waals surface area contributed by atoms with E-state index in [1.54, 1.807) is 51.2 Å². The molecule has 2 aromatic carbocycles. The summed E-state index contributed by atoms with van der Waals surface area (Å²) in [5, 5.41) is 18.6. The van der Waals surface area contributed by atoms with Crippen LogP contribution in [0.3, 0.4) is 0 Å². The molecule has 1 aliphatic heterocycles. The monoisotopic (exact) mass is 727 g/mol. The molecule has 0 spiro atoms. The molecule has 1 aliphatic carbocycles. The van der Waals surface area contributed by atoms with Crippen molar-refractivity contribution < 1.29 is 38.6 Å². The van der Waals surface area contributed by atoms with Crippen LogP contribution in [0.2, 0.25) is 0 Å². The van der Waals surface area contributed by atoms with Gasteiger partial charge in [0.1, 0.15) is 35.1 Å². The quantitative estimate of drug-likeness (QED) is 0.194. The summed E-state index contributed by atoms with van der Waals surface area (Å²) >= 11 is 0. The smallest absolute Gasteiger partial charge is 0.408 e. The van der Waals surface area contributed by atoms with E-state index in [0.29, 0.717) is 18.6 Å². The van der Waals surface area contributed by atoms with Crippen molar-refractivity contribution in [3.63, 3.8) is 0 Å². The maximum absolute atomic E-state index is 14.5. The Hall–Kier alpha value is -5.46. The Morgan fingerprint density at radius 3 is 2.36 bits per heavy atom. The van der Waals surface area contributed by atoms with E-state index in [4.69, 9.17) is 14.6 Å². The minimum Gasteiger partial charge on any atom is -0.488 e. The standard InChI is InChI=1S/C40H49N5O8/c1-8-26-22-40(26,36(50)42-19-17-24-13-15-25(16-14-24)35(48)49)44-33(46)30-21-27(52-31-18-20-41-29-12-10-9-11-28(29)31)23-45(30)34(47)32(38(2,3)4)43-37(51)53-39(5,6)7/h8-16,18,20,26-27,30,32H,1,17,19,21-23H2,2-7H3,(H,42,50)(H,43,51)(H,44,46)(H,48,49)/t26-,27+,30?,32+,40-/m0/s1. The number of carboxylic acids is 1. The minimum absolute atomic E-state index is 0.0426. The summed E-state index contributed by atoms with van der Waals surface area (Å²) in [4.78, 5) is 72.4. The molecule has 1 saturated heterocycles. The number of carboxylic acid groups (broad SMARTS) is 1. The minimum atomic E-state index is -1.26. The van der Waals surface area contributed by atoms with E-state index < -0.39 is 58.6 Å². The van der Waals surface area contributed by atoms with Gasteiger partial charge in [0.15, 0.2) is 0 Å². The fraction of sp³-hybridized carbons (Fsp3) is 0.450. The number of nitrogens with zero attached hydrogens (tertiary/aromatic N) is 2. The van der Waals surface area contributed by atoms with Gasteiger partial charge in [-0.1, -0.05) is 51.1 Å². The van der Waals surface area contributed by atoms with E-state index in [1.165, 1.54) is 17.0 Å². The second-order valence-corrected chi connectivity index (χ2v) is 15.8. The molecule has 4 amide bonds. The molecule has 13 heteroatoms. The van der Waals surface area contributed by atoms with Crippen molar-refractivity contribution in [2.45, 2.75) is 90.1 Å². The van der Waals surface area contributed by atoms with Gasteiger partial charge in [0.2, 0.25) is 17.7 Å². The highest BCUT2D eigenvalue weighted by molar-refractivity contribution is 5.98. The van der Waals surface area contributed by atoms with Crippen molar-refractivity contribution >= 4 is 40.7 Å². The number of para-hydroxylation sites is 1. The lowest BCUT2D eigenvalue weighted by Gasteiger charge is -2.36. The topological polar surface area (TPSA) is 176 Å². The van der Waals surface area contributed by atoms with E-state index in [-0.39, 0.29) is 36.9 Å². The Kier molecular flexibility index (Phi) is 11.2. The number of likely N-dealkylation sites (tertiary alicyclic amines) is 1. The summed E-state index contributed by atoms with van der Waals surface area (Å²) in [7, 11) is 0. The number of benzene rings is 2. The van der Waals surface area contributed by atoms with Gasteiger partial charge in [0.25, 0.3) is 0 Å². The number of fused-ring (bicyclic) bond motifs is 1. The number of carbonyl (C=O) groups excluding carboxylic acids is 4. The lowest BCUT2D eigenvalue weighted by molar-refractivity contribution is -0.143. The number of nitrogens with one attached hydrogen (secondary N) is 3. The van der Waals surface area contributed by atoms with Crippen molar-refractivity contribution in [3.8, 4) is 5.75 Å². The largest absolute Gasteiger partial charge is 0.488 e. The van der Waals surface area contributed by atoms with Gasteiger partial charge in [0, 0.05) is 30.5 Å². The van der Waals surface area contributed by atoms with E-state index in [9.17, 15) is 24.0 Å². The molecule has 2 fully saturated rings.